The lowest BCUT2D eigenvalue weighted by Gasteiger charge is -2.09. The van der Waals surface area contributed by atoms with E-state index in [9.17, 15) is 13.2 Å². The molecule has 2 aromatic rings. The van der Waals surface area contributed by atoms with Crippen molar-refractivity contribution in [1.82, 2.24) is 10.3 Å². The predicted molar refractivity (Wildman–Crippen MR) is 71.5 cm³/mol. The second-order valence-corrected chi connectivity index (χ2v) is 5.80. The Labute approximate surface area is 118 Å². The van der Waals surface area contributed by atoms with E-state index in [-0.39, 0.29) is 17.5 Å². The van der Waals surface area contributed by atoms with Gasteiger partial charge in [-0.15, -0.1) is 11.3 Å². The molecule has 2 aromatic heterocycles. The van der Waals surface area contributed by atoms with E-state index >= 15 is 0 Å². The Morgan fingerprint density at radius 1 is 1.40 bits per heavy atom. The molecule has 2 rings (SSSR count). The van der Waals surface area contributed by atoms with Crippen molar-refractivity contribution in [2.75, 3.05) is 0 Å². The molecule has 0 bridgehead atoms. The van der Waals surface area contributed by atoms with Gasteiger partial charge in [0.2, 0.25) is 0 Å². The van der Waals surface area contributed by atoms with Crippen LogP contribution in [-0.4, -0.2) is 11.0 Å². The zero-order valence-electron chi connectivity index (χ0n) is 11.3. The van der Waals surface area contributed by atoms with Gasteiger partial charge in [0, 0.05) is 12.6 Å². The van der Waals surface area contributed by atoms with Crippen molar-refractivity contribution < 1.29 is 17.6 Å². The van der Waals surface area contributed by atoms with Crippen molar-refractivity contribution in [1.29, 1.82) is 0 Å². The molecule has 0 saturated heterocycles. The minimum Gasteiger partial charge on any atom is -0.469 e. The molecule has 7 heteroatoms. The highest BCUT2D eigenvalue weighted by molar-refractivity contribution is 7.15. The summed E-state index contributed by atoms with van der Waals surface area (Å²) in [6.45, 7) is 5.63. The molecule has 0 fully saturated rings. The van der Waals surface area contributed by atoms with Crippen LogP contribution in [0.5, 0.6) is 0 Å². The highest BCUT2D eigenvalue weighted by Crippen LogP contribution is 2.38. The van der Waals surface area contributed by atoms with Crippen LogP contribution in [0.1, 0.15) is 30.2 Å². The maximum atomic E-state index is 13.0. The first kappa shape index (κ1) is 15.1. The fourth-order valence-electron chi connectivity index (χ4n) is 1.71. The van der Waals surface area contributed by atoms with Gasteiger partial charge in [-0.1, -0.05) is 13.8 Å². The van der Waals surface area contributed by atoms with Crippen molar-refractivity contribution in [3.05, 3.63) is 28.7 Å². The van der Waals surface area contributed by atoms with Gasteiger partial charge in [0.05, 0.1) is 16.7 Å². The summed E-state index contributed by atoms with van der Waals surface area (Å²) in [6, 6.07) is 1.74. The molecule has 0 aliphatic rings. The van der Waals surface area contributed by atoms with Gasteiger partial charge in [0.25, 0.3) is 0 Å². The zero-order valence-corrected chi connectivity index (χ0v) is 12.2. The average Bonchev–Trinajstić information content (AvgIpc) is 2.91. The maximum Gasteiger partial charge on any atom is 0.434 e. The maximum absolute atomic E-state index is 13.0. The van der Waals surface area contributed by atoms with Crippen LogP contribution in [-0.2, 0) is 12.7 Å². The van der Waals surface area contributed by atoms with Crippen LogP contribution in [0.15, 0.2) is 16.7 Å². The molecule has 0 atom stereocenters. The summed E-state index contributed by atoms with van der Waals surface area (Å²) in [7, 11) is 0. The molecule has 0 unspecified atom stereocenters. The van der Waals surface area contributed by atoms with Gasteiger partial charge >= 0.3 is 6.18 Å². The first-order valence-corrected chi connectivity index (χ1v) is 6.95. The van der Waals surface area contributed by atoms with E-state index in [0.29, 0.717) is 16.3 Å². The summed E-state index contributed by atoms with van der Waals surface area (Å²) in [5.41, 5.74) is -0.206. The summed E-state index contributed by atoms with van der Waals surface area (Å²) >= 11 is 1.05. The van der Waals surface area contributed by atoms with Crippen LogP contribution in [0.2, 0.25) is 0 Å². The molecular weight excluding hydrogens is 289 g/mol. The molecule has 110 valence electrons. The molecule has 1 N–H and O–H groups in total. The van der Waals surface area contributed by atoms with E-state index in [0.717, 1.165) is 11.3 Å². The van der Waals surface area contributed by atoms with Gasteiger partial charge in [-0.2, -0.15) is 13.2 Å². The quantitative estimate of drug-likeness (QED) is 0.918. The number of aromatic nitrogens is 1. The molecule has 0 aromatic carbocycles. The first-order chi connectivity index (χ1) is 9.29. The Balaban J connectivity index is 2.39. The molecule has 20 heavy (non-hydrogen) atoms. The second-order valence-electron chi connectivity index (χ2n) is 4.71. The smallest absolute Gasteiger partial charge is 0.434 e. The number of nitrogens with one attached hydrogen (secondary N) is 1. The van der Waals surface area contributed by atoms with Crippen molar-refractivity contribution in [2.24, 2.45) is 0 Å². The third kappa shape index (κ3) is 3.21. The molecule has 0 radical (unpaired) electrons. The van der Waals surface area contributed by atoms with Crippen molar-refractivity contribution in [2.45, 2.75) is 39.5 Å². The first-order valence-electron chi connectivity index (χ1n) is 6.13. The van der Waals surface area contributed by atoms with E-state index in [1.165, 1.54) is 6.26 Å². The highest BCUT2D eigenvalue weighted by Gasteiger charge is 2.37. The summed E-state index contributed by atoms with van der Waals surface area (Å²) in [5.74, 6) is 0.566. The number of hydrogen-bond acceptors (Lipinski definition) is 4. The molecule has 0 aliphatic heterocycles. The van der Waals surface area contributed by atoms with Gasteiger partial charge in [0.15, 0.2) is 5.69 Å². The number of thiazole rings is 1. The summed E-state index contributed by atoms with van der Waals surface area (Å²) in [4.78, 5) is 3.95. The fraction of sp³-hybridized carbons (Fsp3) is 0.462. The van der Waals surface area contributed by atoms with E-state index < -0.39 is 11.9 Å². The zero-order chi connectivity index (χ0) is 14.9. The molecule has 0 amide bonds. The highest BCUT2D eigenvalue weighted by atomic mass is 32.1. The molecule has 0 aliphatic carbocycles. The van der Waals surface area contributed by atoms with Crippen LogP contribution in [0.4, 0.5) is 13.2 Å². The van der Waals surface area contributed by atoms with Crippen LogP contribution >= 0.6 is 11.3 Å². The van der Waals surface area contributed by atoms with Crippen LogP contribution in [0.25, 0.3) is 10.6 Å². The topological polar surface area (TPSA) is 38.1 Å². The van der Waals surface area contributed by atoms with Crippen molar-refractivity contribution >= 4 is 11.3 Å². The minimum absolute atomic E-state index is 0.109. The van der Waals surface area contributed by atoms with Crippen LogP contribution < -0.4 is 5.32 Å². The number of furan rings is 1. The lowest BCUT2D eigenvalue weighted by Crippen LogP contribution is -2.23. The standard InChI is InChI=1S/C13H15F3N2OS/c1-7(2)17-6-10-11(13(14,15)16)18-12(20-10)9-4-5-19-8(9)3/h4-5,7,17H,6H2,1-3H3. The Morgan fingerprint density at radius 3 is 2.60 bits per heavy atom. The molecule has 2 heterocycles. The van der Waals surface area contributed by atoms with Gasteiger partial charge in [0.1, 0.15) is 10.8 Å². The molecule has 0 saturated carbocycles. The number of nitrogens with zero attached hydrogens (tertiary/aromatic N) is 1. The average molecular weight is 304 g/mol. The van der Waals surface area contributed by atoms with Gasteiger partial charge in [-0.25, -0.2) is 4.98 Å². The third-order valence-corrected chi connectivity index (χ3v) is 3.81. The van der Waals surface area contributed by atoms with Crippen LogP contribution in [0, 0.1) is 6.92 Å². The summed E-state index contributed by atoms with van der Waals surface area (Å²) in [5, 5.41) is 3.33. The van der Waals surface area contributed by atoms with Gasteiger partial charge in [-0.05, 0) is 13.0 Å². The van der Waals surface area contributed by atoms with Crippen molar-refractivity contribution in [3.8, 4) is 10.6 Å². The monoisotopic (exact) mass is 304 g/mol. The van der Waals surface area contributed by atoms with E-state index in [1.54, 1.807) is 13.0 Å². The minimum atomic E-state index is -4.44. The Kier molecular flexibility index (Phi) is 4.19. The Bertz CT molecular complexity index is 587. The fourth-order valence-corrected chi connectivity index (χ4v) is 2.82. The van der Waals surface area contributed by atoms with Crippen molar-refractivity contribution in [3.63, 3.8) is 0 Å². The SMILES string of the molecule is Cc1occc1-c1nc(C(F)(F)F)c(CNC(C)C)s1. The number of alkyl halides is 3. The lowest BCUT2D eigenvalue weighted by atomic mass is 10.2. The molecular formula is C13H15F3N2OS. The Morgan fingerprint density at radius 2 is 2.10 bits per heavy atom. The molecule has 3 nitrogen and oxygen atoms in total. The van der Waals surface area contributed by atoms with E-state index in [1.807, 2.05) is 13.8 Å². The molecule has 0 spiro atoms. The number of halogens is 3. The lowest BCUT2D eigenvalue weighted by molar-refractivity contribution is -0.141. The number of hydrogen-bond donors (Lipinski definition) is 1. The van der Waals surface area contributed by atoms with Gasteiger partial charge < -0.3 is 9.73 Å². The van der Waals surface area contributed by atoms with Gasteiger partial charge in [-0.3, -0.25) is 0 Å². The van der Waals surface area contributed by atoms with Crippen LogP contribution in [0.3, 0.4) is 0 Å². The normalized spacial score (nSPS) is 12.3. The summed E-state index contributed by atoms with van der Waals surface area (Å²) in [6.07, 6.45) is -2.99. The largest absolute Gasteiger partial charge is 0.469 e. The van der Waals surface area contributed by atoms with E-state index in [2.05, 4.69) is 10.3 Å². The second kappa shape index (κ2) is 5.57. The Hall–Kier alpha value is -1.34. The predicted octanol–water partition coefficient (Wildman–Crippen LogP) is 4.23. The number of rotatable bonds is 4. The summed E-state index contributed by atoms with van der Waals surface area (Å²) < 4.78 is 44.2. The number of aryl methyl sites for hydroxylation is 1. The van der Waals surface area contributed by atoms with E-state index in [4.69, 9.17) is 4.42 Å². The third-order valence-electron chi connectivity index (χ3n) is 2.73.